The monoisotopic (exact) mass is 840 g/mol. The molecule has 59 heavy (non-hydrogen) atoms. The number of aryl methyl sites for hydroxylation is 4. The Hall–Kier alpha value is -8.04. The number of nitrogens with one attached hydrogen (secondary N) is 1. The largest absolute Gasteiger partial charge is 0.446 e. The average Bonchev–Trinajstić information content (AvgIpc) is 3.94. The summed E-state index contributed by atoms with van der Waals surface area (Å²) in [7, 11) is 0. The summed E-state index contributed by atoms with van der Waals surface area (Å²) in [5, 5.41) is 2.18. The molecular formula is C37H33ClN4O17. The van der Waals surface area contributed by atoms with Crippen LogP contribution in [0.1, 0.15) is 36.9 Å². The highest BCUT2D eigenvalue weighted by atomic mass is 35.5. The zero-order valence-electron chi connectivity index (χ0n) is 31.7. The lowest BCUT2D eigenvalue weighted by Gasteiger charge is -2.31. The van der Waals surface area contributed by atoms with E-state index in [2.05, 4.69) is 15.0 Å². The van der Waals surface area contributed by atoms with Crippen molar-refractivity contribution in [3.05, 3.63) is 99.2 Å². The normalized spacial score (nSPS) is 11.7. The van der Waals surface area contributed by atoms with E-state index in [0.717, 1.165) is 28.9 Å². The standard InChI is InChI=1S/C12H13NO5.C8H6ClNO.C8H7NO2.C5H7NO.4CO2/c1-7-4-5-9(16-7)13-6-8-10(14)17-12(2,3)18-11(8)15;1-5-4-6-7(9)2-3-10-8(6)11-5;1-5-4-6-7(10)2-3-9-8(6)11-5;1-4-2-3-5(6)7-4;4*2-1-3/h4-6,8H,1-3H3;2-4H,1H3;2-4H,1H3,(H,9,10);2-3H,6H2,1H3;;;;. The van der Waals surface area contributed by atoms with Crippen molar-refractivity contribution in [1.29, 1.82) is 0 Å². The molecule has 1 aliphatic heterocycles. The number of nitrogens with zero attached hydrogens (tertiary/aromatic N) is 2. The topological polar surface area (TPSA) is 326 Å². The molecule has 1 saturated heterocycles. The smallest absolute Gasteiger partial charge is 0.373 e. The molecule has 6 aromatic rings. The number of pyridine rings is 2. The minimum atomic E-state index is -1.22. The Balaban J connectivity index is 0.000000720. The van der Waals surface area contributed by atoms with E-state index in [-0.39, 0.29) is 30.0 Å². The van der Waals surface area contributed by atoms with Gasteiger partial charge in [0, 0.05) is 50.7 Å². The first-order chi connectivity index (χ1) is 27.9. The van der Waals surface area contributed by atoms with Crippen LogP contribution in [0, 0.1) is 33.6 Å². The second-order valence-electron chi connectivity index (χ2n) is 11.0. The number of H-pyrrole nitrogens is 1. The molecule has 7 rings (SSSR count). The van der Waals surface area contributed by atoms with Crippen molar-refractivity contribution < 1.29 is 75.1 Å². The molecule has 0 bridgehead atoms. The van der Waals surface area contributed by atoms with Gasteiger partial charge in [-0.05, 0) is 58.0 Å². The van der Waals surface area contributed by atoms with Gasteiger partial charge in [0.15, 0.2) is 17.2 Å². The number of carbonyl (C=O) groups excluding carboxylic acids is 10. The number of cyclic esters (lactones) is 2. The number of esters is 2. The van der Waals surface area contributed by atoms with E-state index in [1.54, 1.807) is 49.6 Å². The summed E-state index contributed by atoms with van der Waals surface area (Å²) in [5.74, 6) is 0.208. The summed E-state index contributed by atoms with van der Waals surface area (Å²) in [6.45, 7) is 10.3. The summed E-state index contributed by atoms with van der Waals surface area (Å²) in [6.07, 6.45) is 5.37. The third-order valence-corrected chi connectivity index (χ3v) is 6.44. The summed E-state index contributed by atoms with van der Waals surface area (Å²) in [4.78, 5) is 110. The molecule has 22 heteroatoms. The summed E-state index contributed by atoms with van der Waals surface area (Å²) in [6, 6.07) is 13.8. The molecule has 0 aromatic carbocycles. The number of furan rings is 4. The summed E-state index contributed by atoms with van der Waals surface area (Å²) < 4.78 is 30.4. The van der Waals surface area contributed by atoms with Crippen LogP contribution in [-0.4, -0.2) is 58.5 Å². The lowest BCUT2D eigenvalue weighted by atomic mass is 10.1. The molecule has 0 unspecified atom stereocenters. The van der Waals surface area contributed by atoms with E-state index in [9.17, 15) is 14.4 Å². The number of ether oxygens (including phenoxy) is 2. The number of rotatable bonds is 2. The maximum Gasteiger partial charge on any atom is 0.373 e. The molecule has 7 heterocycles. The fourth-order valence-corrected chi connectivity index (χ4v) is 4.25. The van der Waals surface area contributed by atoms with Crippen LogP contribution in [0.3, 0.4) is 0 Å². The Bertz CT molecular complexity index is 2390. The van der Waals surface area contributed by atoms with Gasteiger partial charge < -0.3 is 37.9 Å². The molecule has 0 atom stereocenters. The fourth-order valence-electron chi connectivity index (χ4n) is 4.06. The molecule has 21 nitrogen and oxygen atoms in total. The van der Waals surface area contributed by atoms with Crippen LogP contribution in [0.25, 0.3) is 22.2 Å². The lowest BCUT2D eigenvalue weighted by Crippen LogP contribution is -2.46. The highest BCUT2D eigenvalue weighted by molar-refractivity contribution is 6.35. The van der Waals surface area contributed by atoms with Crippen LogP contribution in [0.5, 0.6) is 0 Å². The number of aliphatic imine (C=N–C) groups is 1. The Morgan fingerprint density at radius 1 is 0.712 bits per heavy atom. The number of nitrogen functional groups attached to an aromatic ring is 1. The lowest BCUT2D eigenvalue weighted by molar-refractivity contribution is -0.235. The van der Waals surface area contributed by atoms with E-state index in [1.165, 1.54) is 19.9 Å². The van der Waals surface area contributed by atoms with Crippen molar-refractivity contribution in [1.82, 2.24) is 9.97 Å². The van der Waals surface area contributed by atoms with E-state index in [4.69, 9.17) is 82.8 Å². The van der Waals surface area contributed by atoms with Crippen LogP contribution in [0.2, 0.25) is 5.02 Å². The van der Waals surface area contributed by atoms with Gasteiger partial charge in [-0.2, -0.15) is 38.4 Å². The van der Waals surface area contributed by atoms with E-state index < -0.39 is 23.6 Å². The minimum Gasteiger partial charge on any atom is -0.446 e. The predicted molar refractivity (Wildman–Crippen MR) is 195 cm³/mol. The van der Waals surface area contributed by atoms with Gasteiger partial charge in [0.05, 0.1) is 15.8 Å². The van der Waals surface area contributed by atoms with Crippen LogP contribution in [0.4, 0.5) is 11.8 Å². The highest BCUT2D eigenvalue weighted by Gasteiger charge is 2.42. The van der Waals surface area contributed by atoms with Gasteiger partial charge in [-0.15, -0.1) is 0 Å². The maximum absolute atomic E-state index is 11.6. The fraction of sp³-hybridized carbons (Fsp3) is 0.216. The summed E-state index contributed by atoms with van der Waals surface area (Å²) in [5.41, 5.74) is 6.37. The van der Waals surface area contributed by atoms with Crippen molar-refractivity contribution in [2.24, 2.45) is 10.9 Å². The second-order valence-corrected chi connectivity index (χ2v) is 11.4. The molecule has 3 N–H and O–H groups in total. The Morgan fingerprint density at radius 2 is 1.22 bits per heavy atom. The van der Waals surface area contributed by atoms with Crippen molar-refractivity contribution in [2.75, 3.05) is 5.73 Å². The number of nitrogens with two attached hydrogens (primary N) is 1. The van der Waals surface area contributed by atoms with Gasteiger partial charge in [0.25, 0.3) is 5.79 Å². The number of anilines is 1. The van der Waals surface area contributed by atoms with Crippen LogP contribution >= 0.6 is 11.6 Å². The average molecular weight is 841 g/mol. The quantitative estimate of drug-likeness (QED) is 0.134. The molecule has 1 aliphatic rings. The molecule has 0 radical (unpaired) electrons. The second kappa shape index (κ2) is 26.7. The number of aromatic amines is 1. The molecule has 0 aliphatic carbocycles. The third kappa shape index (κ3) is 19.4. The Morgan fingerprint density at radius 3 is 1.66 bits per heavy atom. The first kappa shape index (κ1) is 51.0. The maximum atomic E-state index is 11.6. The van der Waals surface area contributed by atoms with Crippen molar-refractivity contribution in [3.63, 3.8) is 0 Å². The van der Waals surface area contributed by atoms with Crippen LogP contribution in [-0.2, 0) is 57.4 Å². The van der Waals surface area contributed by atoms with Gasteiger partial charge >= 0.3 is 36.5 Å². The van der Waals surface area contributed by atoms with Crippen molar-refractivity contribution >= 4 is 88.3 Å². The first-order valence-corrected chi connectivity index (χ1v) is 16.2. The van der Waals surface area contributed by atoms with Gasteiger partial charge in [0.1, 0.15) is 23.0 Å². The number of hydrogen-bond donors (Lipinski definition) is 2. The molecule has 6 aromatic heterocycles. The van der Waals surface area contributed by atoms with E-state index >= 15 is 0 Å². The van der Waals surface area contributed by atoms with Gasteiger partial charge in [0.2, 0.25) is 17.3 Å². The predicted octanol–water partition coefficient (Wildman–Crippen LogP) is 4.80. The van der Waals surface area contributed by atoms with Crippen LogP contribution < -0.4 is 11.2 Å². The van der Waals surface area contributed by atoms with Gasteiger partial charge in [-0.1, -0.05) is 11.6 Å². The summed E-state index contributed by atoms with van der Waals surface area (Å²) >= 11 is 5.87. The number of carbonyl (C=O) groups is 2. The molecule has 0 amide bonds. The van der Waals surface area contributed by atoms with Gasteiger partial charge in [-0.25, -0.2) is 9.98 Å². The highest BCUT2D eigenvalue weighted by Crippen LogP contribution is 2.25. The van der Waals surface area contributed by atoms with Crippen molar-refractivity contribution in [3.8, 4) is 0 Å². The Labute approximate surface area is 336 Å². The first-order valence-electron chi connectivity index (χ1n) is 15.8. The zero-order valence-corrected chi connectivity index (χ0v) is 32.5. The molecule has 0 spiro atoms. The number of halogens is 1. The number of hydrogen-bond acceptors (Lipinski definition) is 20. The third-order valence-electron chi connectivity index (χ3n) is 6.11. The van der Waals surface area contributed by atoms with Gasteiger partial charge in [-0.3, -0.25) is 14.4 Å². The van der Waals surface area contributed by atoms with Crippen LogP contribution in [0.15, 0.2) is 88.4 Å². The van der Waals surface area contributed by atoms with Crippen molar-refractivity contribution in [2.45, 2.75) is 47.3 Å². The van der Waals surface area contributed by atoms with E-state index in [1.807, 2.05) is 32.9 Å². The Kier molecular flexibility index (Phi) is 23.1. The zero-order chi connectivity index (χ0) is 45.1. The molecular weight excluding hydrogens is 808 g/mol. The minimum absolute atomic E-state index is 0.00407. The molecule has 310 valence electrons. The molecule has 0 saturated carbocycles. The molecule has 1 fully saturated rings. The van der Waals surface area contributed by atoms with E-state index in [0.29, 0.717) is 39.4 Å². The number of aromatic nitrogens is 2. The number of fused-ring (bicyclic) bond motifs is 2. The SMILES string of the molecule is Cc1cc2c(=O)cc[nH]c2o1.Cc1cc2c(Cl)ccnc2o1.Cc1ccc(N)o1.Cc1ccc(N=CC2C(=O)OC(C)(C)OC2=O)o1.O=C=O.O=C=O.O=C=O.O=C=O.